The predicted molar refractivity (Wildman–Crippen MR) is 78.9 cm³/mol. The van der Waals surface area contributed by atoms with Gasteiger partial charge >= 0.3 is 6.09 Å². The lowest BCUT2D eigenvalue weighted by molar-refractivity contribution is -0.134. The van der Waals surface area contributed by atoms with Crippen LogP contribution in [0.3, 0.4) is 0 Å². The average molecular weight is 320 g/mol. The molecule has 0 saturated carbocycles. The van der Waals surface area contributed by atoms with Crippen molar-refractivity contribution in [1.82, 2.24) is 10.6 Å². The van der Waals surface area contributed by atoms with Crippen molar-refractivity contribution in [2.75, 3.05) is 5.73 Å². The molecule has 1 aliphatic heterocycles. The first-order valence-electron chi connectivity index (χ1n) is 6.82. The molecular weight excluding hydrogens is 304 g/mol. The van der Waals surface area contributed by atoms with Gasteiger partial charge in [0.25, 0.3) is 5.91 Å². The summed E-state index contributed by atoms with van der Waals surface area (Å²) >= 11 is 0. The van der Waals surface area contributed by atoms with E-state index in [-0.39, 0.29) is 36.6 Å². The lowest BCUT2D eigenvalue weighted by Gasteiger charge is -2.22. The Hall–Kier alpha value is -3.10. The number of nitrogen functional groups attached to an aromatic ring is 1. The van der Waals surface area contributed by atoms with Gasteiger partial charge in [-0.3, -0.25) is 19.7 Å². The molecule has 122 valence electrons. The molecule has 23 heavy (non-hydrogen) atoms. The summed E-state index contributed by atoms with van der Waals surface area (Å²) in [6, 6.07) is 3.70. The number of carbonyl (C=O) groups excluding carboxylic acids is 4. The predicted octanol–water partition coefficient (Wildman–Crippen LogP) is -0.601. The van der Waals surface area contributed by atoms with Gasteiger partial charge in [0.15, 0.2) is 0 Å². The van der Waals surface area contributed by atoms with Gasteiger partial charge in [0.2, 0.25) is 11.8 Å². The highest BCUT2D eigenvalue weighted by Crippen LogP contribution is 2.16. The van der Waals surface area contributed by atoms with Gasteiger partial charge in [0.1, 0.15) is 12.6 Å². The first-order valence-corrected chi connectivity index (χ1v) is 6.82. The minimum absolute atomic E-state index is 0.0609. The lowest BCUT2D eigenvalue weighted by atomic mass is 10.0. The molecule has 9 heteroatoms. The molecule has 0 spiro atoms. The van der Waals surface area contributed by atoms with E-state index in [1.165, 1.54) is 12.1 Å². The van der Waals surface area contributed by atoms with Crippen molar-refractivity contribution >= 4 is 29.5 Å². The van der Waals surface area contributed by atoms with Crippen molar-refractivity contribution in [2.24, 2.45) is 5.73 Å². The third kappa shape index (κ3) is 4.19. The van der Waals surface area contributed by atoms with E-state index in [9.17, 15) is 19.2 Å². The number of primary amides is 1. The minimum Gasteiger partial charge on any atom is -0.445 e. The van der Waals surface area contributed by atoms with E-state index in [1.807, 2.05) is 0 Å². The number of amides is 4. The fourth-order valence-corrected chi connectivity index (χ4v) is 2.13. The quantitative estimate of drug-likeness (QED) is 0.429. The van der Waals surface area contributed by atoms with Crippen molar-refractivity contribution in [3.05, 3.63) is 29.3 Å². The van der Waals surface area contributed by atoms with Crippen LogP contribution in [0.2, 0.25) is 0 Å². The number of rotatable bonds is 4. The zero-order valence-corrected chi connectivity index (χ0v) is 12.1. The highest BCUT2D eigenvalue weighted by atomic mass is 16.5. The van der Waals surface area contributed by atoms with Gasteiger partial charge in [-0.15, -0.1) is 0 Å². The fourth-order valence-electron chi connectivity index (χ4n) is 2.13. The first kappa shape index (κ1) is 16.3. The van der Waals surface area contributed by atoms with Crippen LogP contribution in [0.4, 0.5) is 10.5 Å². The molecule has 1 aromatic rings. The molecule has 0 bridgehead atoms. The fraction of sp³-hybridized carbons (Fsp3) is 0.286. The zero-order valence-electron chi connectivity index (χ0n) is 12.1. The Labute approximate surface area is 131 Å². The number of nitrogens with one attached hydrogen (secondary N) is 2. The first-order chi connectivity index (χ1) is 10.9. The van der Waals surface area contributed by atoms with Crippen LogP contribution >= 0.6 is 0 Å². The number of benzene rings is 1. The summed E-state index contributed by atoms with van der Waals surface area (Å²) in [5.74, 6) is -1.43. The normalized spacial score (nSPS) is 17.3. The van der Waals surface area contributed by atoms with Crippen LogP contribution in [-0.2, 0) is 20.9 Å². The van der Waals surface area contributed by atoms with Crippen LogP contribution < -0.4 is 22.1 Å². The van der Waals surface area contributed by atoms with E-state index in [0.29, 0.717) is 5.56 Å². The molecule has 9 nitrogen and oxygen atoms in total. The minimum atomic E-state index is -0.914. The van der Waals surface area contributed by atoms with Crippen LogP contribution in [0, 0.1) is 0 Å². The molecule has 1 saturated heterocycles. The van der Waals surface area contributed by atoms with Crippen LogP contribution in [0.5, 0.6) is 0 Å². The Bertz CT molecular complexity index is 673. The molecule has 1 unspecified atom stereocenters. The van der Waals surface area contributed by atoms with Gasteiger partial charge < -0.3 is 21.5 Å². The average Bonchev–Trinajstić information content (AvgIpc) is 2.48. The van der Waals surface area contributed by atoms with Crippen LogP contribution in [0.25, 0.3) is 0 Å². The summed E-state index contributed by atoms with van der Waals surface area (Å²) in [7, 11) is 0. The number of hydrogen-bond acceptors (Lipinski definition) is 6. The molecule has 1 atom stereocenters. The number of piperidine rings is 1. The van der Waals surface area contributed by atoms with E-state index in [4.69, 9.17) is 11.5 Å². The Morgan fingerprint density at radius 1 is 1.35 bits per heavy atom. The second-order valence-corrected chi connectivity index (χ2v) is 5.01. The molecule has 1 heterocycles. The topological polar surface area (TPSA) is 154 Å². The zero-order chi connectivity index (χ0) is 17.0. The van der Waals surface area contributed by atoms with E-state index in [0.717, 1.165) is 0 Å². The summed E-state index contributed by atoms with van der Waals surface area (Å²) in [4.78, 5) is 45.4. The summed E-state index contributed by atoms with van der Waals surface area (Å²) < 4.78 is 4.63. The van der Waals surface area contributed by atoms with Gasteiger partial charge in [-0.05, 0) is 24.1 Å². The number of ether oxygens (including phenoxy) is 1. The monoisotopic (exact) mass is 320 g/mol. The maximum atomic E-state index is 12.2. The molecular formula is C14H16N4O5. The molecule has 1 aliphatic rings. The maximum Gasteiger partial charge on any atom is 0.404 e. The van der Waals surface area contributed by atoms with E-state index in [2.05, 4.69) is 15.4 Å². The SMILES string of the molecule is NC(=O)OCc1ccc(C(=O)NC2CCC(=O)NC2=O)c(N)c1. The number of anilines is 1. The molecule has 4 amide bonds. The number of nitrogens with two attached hydrogens (primary N) is 2. The number of hydrogen-bond donors (Lipinski definition) is 4. The van der Waals surface area contributed by atoms with Gasteiger partial charge in [-0.2, -0.15) is 0 Å². The van der Waals surface area contributed by atoms with Gasteiger partial charge in [0, 0.05) is 12.1 Å². The van der Waals surface area contributed by atoms with Crippen LogP contribution in [0.15, 0.2) is 18.2 Å². The molecule has 6 N–H and O–H groups in total. The van der Waals surface area contributed by atoms with Crippen molar-refractivity contribution in [2.45, 2.75) is 25.5 Å². The summed E-state index contributed by atoms with van der Waals surface area (Å²) in [5, 5.41) is 4.68. The molecule has 1 fully saturated rings. The highest BCUT2D eigenvalue weighted by Gasteiger charge is 2.28. The third-order valence-electron chi connectivity index (χ3n) is 3.29. The molecule has 0 aliphatic carbocycles. The summed E-state index contributed by atoms with van der Waals surface area (Å²) in [5.41, 5.74) is 11.6. The Morgan fingerprint density at radius 3 is 2.70 bits per heavy atom. The molecule has 1 aromatic carbocycles. The van der Waals surface area contributed by atoms with Gasteiger partial charge in [-0.25, -0.2) is 4.79 Å². The van der Waals surface area contributed by atoms with Crippen LogP contribution in [-0.4, -0.2) is 29.9 Å². The molecule has 2 rings (SSSR count). The Kier molecular flexibility index (Phi) is 4.79. The molecule has 0 aromatic heterocycles. The third-order valence-corrected chi connectivity index (χ3v) is 3.29. The van der Waals surface area contributed by atoms with Crippen LogP contribution in [0.1, 0.15) is 28.8 Å². The number of carbonyl (C=O) groups is 4. The Morgan fingerprint density at radius 2 is 2.09 bits per heavy atom. The lowest BCUT2D eigenvalue weighted by Crippen LogP contribution is -2.52. The maximum absolute atomic E-state index is 12.2. The highest BCUT2D eigenvalue weighted by molar-refractivity contribution is 6.05. The summed E-state index contributed by atoms with van der Waals surface area (Å²) in [6.07, 6.45) is -0.514. The Balaban J connectivity index is 2.03. The van der Waals surface area contributed by atoms with Gasteiger partial charge in [-0.1, -0.05) is 6.07 Å². The van der Waals surface area contributed by atoms with Crippen molar-refractivity contribution in [3.63, 3.8) is 0 Å². The molecule has 0 radical (unpaired) electrons. The number of imide groups is 1. The second-order valence-electron chi connectivity index (χ2n) is 5.01. The van der Waals surface area contributed by atoms with E-state index < -0.39 is 23.9 Å². The van der Waals surface area contributed by atoms with Gasteiger partial charge in [0.05, 0.1) is 5.56 Å². The van der Waals surface area contributed by atoms with E-state index >= 15 is 0 Å². The second kappa shape index (κ2) is 6.77. The van der Waals surface area contributed by atoms with Crippen molar-refractivity contribution < 1.29 is 23.9 Å². The summed E-state index contributed by atoms with van der Waals surface area (Å²) in [6.45, 7) is -0.0609. The smallest absolute Gasteiger partial charge is 0.404 e. The van der Waals surface area contributed by atoms with Crippen molar-refractivity contribution in [1.29, 1.82) is 0 Å². The van der Waals surface area contributed by atoms with Crippen molar-refractivity contribution in [3.8, 4) is 0 Å². The van der Waals surface area contributed by atoms with E-state index in [1.54, 1.807) is 6.07 Å². The standard InChI is InChI=1S/C14H16N4O5/c15-9-5-7(6-23-14(16)22)1-2-8(9)12(20)17-10-3-4-11(19)18-13(10)21/h1-2,5,10H,3-4,6,15H2,(H2,16,22)(H,17,20)(H,18,19,21). The largest absolute Gasteiger partial charge is 0.445 e.